The Morgan fingerprint density at radius 1 is 1.08 bits per heavy atom. The Bertz CT molecular complexity index is 652. The van der Waals surface area contributed by atoms with Gasteiger partial charge in [0.25, 0.3) is 5.91 Å². The molecule has 7 heteroatoms. The third-order valence-electron chi connectivity index (χ3n) is 4.86. The zero-order chi connectivity index (χ0) is 18.6. The van der Waals surface area contributed by atoms with Crippen LogP contribution in [0.5, 0.6) is 0 Å². The molecule has 1 heterocycles. The molecule has 0 unspecified atom stereocenters. The lowest BCUT2D eigenvalue weighted by Crippen LogP contribution is -2.47. The van der Waals surface area contributed by atoms with E-state index in [1.165, 1.54) is 5.70 Å². The van der Waals surface area contributed by atoms with Gasteiger partial charge in [-0.05, 0) is 43.4 Å². The van der Waals surface area contributed by atoms with E-state index in [2.05, 4.69) is 10.2 Å². The summed E-state index contributed by atoms with van der Waals surface area (Å²) in [6, 6.07) is 8.35. The van der Waals surface area contributed by atoms with Gasteiger partial charge in [-0.1, -0.05) is 53.0 Å². The molecular formula is C19H23Cl3N2O2. The second-order valence-corrected chi connectivity index (χ2v) is 8.96. The van der Waals surface area contributed by atoms with Gasteiger partial charge in [0.2, 0.25) is 3.79 Å². The highest BCUT2D eigenvalue weighted by molar-refractivity contribution is 6.68. The average Bonchev–Trinajstić information content (AvgIpc) is 2.66. The molecule has 1 saturated heterocycles. The molecule has 1 aromatic carbocycles. The highest BCUT2D eigenvalue weighted by atomic mass is 35.6. The number of hydrogen-bond donors (Lipinski definition) is 1. The number of nitrogens with one attached hydrogen (secondary N) is 1. The Balaban J connectivity index is 1.90. The minimum absolute atomic E-state index is 0.235. The van der Waals surface area contributed by atoms with Crippen LogP contribution >= 0.6 is 34.8 Å². The van der Waals surface area contributed by atoms with Crippen molar-refractivity contribution in [1.29, 1.82) is 0 Å². The summed E-state index contributed by atoms with van der Waals surface area (Å²) < 4.78 is 3.85. The number of benzene rings is 1. The van der Waals surface area contributed by atoms with Gasteiger partial charge in [0.1, 0.15) is 0 Å². The van der Waals surface area contributed by atoms with E-state index in [0.29, 0.717) is 18.8 Å². The maximum atomic E-state index is 12.7. The van der Waals surface area contributed by atoms with Crippen molar-refractivity contribution in [2.75, 3.05) is 26.3 Å². The van der Waals surface area contributed by atoms with Crippen LogP contribution in [-0.2, 0) is 4.74 Å². The monoisotopic (exact) mass is 416 g/mol. The van der Waals surface area contributed by atoms with Gasteiger partial charge in [-0.25, -0.2) is 0 Å². The molecule has 0 bridgehead atoms. The molecule has 26 heavy (non-hydrogen) atoms. The van der Waals surface area contributed by atoms with Crippen LogP contribution in [0.15, 0.2) is 41.6 Å². The number of alkyl halides is 3. The first kappa shape index (κ1) is 19.8. The summed E-state index contributed by atoms with van der Waals surface area (Å²) in [5.74, 6) is -0.235. The topological polar surface area (TPSA) is 41.6 Å². The number of hydrogen-bond acceptors (Lipinski definition) is 3. The summed E-state index contributed by atoms with van der Waals surface area (Å²) in [5.41, 5.74) is 2.78. The molecular weight excluding hydrogens is 395 g/mol. The molecule has 1 N–H and O–H groups in total. The van der Waals surface area contributed by atoms with E-state index in [9.17, 15) is 4.79 Å². The van der Waals surface area contributed by atoms with Crippen LogP contribution in [0.2, 0.25) is 0 Å². The van der Waals surface area contributed by atoms with Crippen molar-refractivity contribution in [2.24, 2.45) is 0 Å². The molecule has 0 saturated carbocycles. The number of carbonyl (C=O) groups excluding carboxylic acids is 1. The fourth-order valence-corrected chi connectivity index (χ4v) is 4.15. The van der Waals surface area contributed by atoms with E-state index in [-0.39, 0.29) is 5.91 Å². The van der Waals surface area contributed by atoms with Crippen LogP contribution in [0.25, 0.3) is 0 Å². The van der Waals surface area contributed by atoms with Crippen molar-refractivity contribution < 1.29 is 9.53 Å². The van der Waals surface area contributed by atoms with Gasteiger partial charge in [-0.3, -0.25) is 4.79 Å². The van der Waals surface area contributed by atoms with E-state index < -0.39 is 9.83 Å². The van der Waals surface area contributed by atoms with Crippen LogP contribution in [0.1, 0.15) is 36.0 Å². The van der Waals surface area contributed by atoms with E-state index in [0.717, 1.165) is 44.3 Å². The van der Waals surface area contributed by atoms with Crippen molar-refractivity contribution in [3.05, 3.63) is 47.2 Å². The van der Waals surface area contributed by atoms with Crippen LogP contribution in [0.4, 0.5) is 0 Å². The standard InChI is InChI=1S/C19H23Cl3N2O2/c20-19(21,22)17(23-18(25)14-6-2-1-3-7-14)15-8-4-5-9-16(15)24-10-12-26-13-11-24/h1-3,6-7,17H,4-5,8-13H2,(H,23,25)/t17-/m1/s1. The molecule has 142 valence electrons. The largest absolute Gasteiger partial charge is 0.378 e. The molecule has 1 fully saturated rings. The van der Waals surface area contributed by atoms with Crippen LogP contribution in [-0.4, -0.2) is 46.9 Å². The maximum absolute atomic E-state index is 12.7. The summed E-state index contributed by atoms with van der Waals surface area (Å²) in [7, 11) is 0. The number of allylic oxidation sites excluding steroid dienone is 1. The van der Waals surface area contributed by atoms with Crippen molar-refractivity contribution in [1.82, 2.24) is 10.2 Å². The van der Waals surface area contributed by atoms with Crippen LogP contribution < -0.4 is 5.32 Å². The third-order valence-corrected chi connectivity index (χ3v) is 5.52. The van der Waals surface area contributed by atoms with Gasteiger partial charge < -0.3 is 15.0 Å². The summed E-state index contributed by atoms with van der Waals surface area (Å²) in [6.45, 7) is 3.06. The fourth-order valence-electron chi connectivity index (χ4n) is 3.59. The van der Waals surface area contributed by atoms with Gasteiger partial charge in [-0.2, -0.15) is 0 Å². The molecule has 0 radical (unpaired) electrons. The highest BCUT2D eigenvalue weighted by Gasteiger charge is 2.39. The lowest BCUT2D eigenvalue weighted by atomic mass is 9.90. The smallest absolute Gasteiger partial charge is 0.251 e. The molecule has 1 aliphatic carbocycles. The van der Waals surface area contributed by atoms with Gasteiger partial charge >= 0.3 is 0 Å². The summed E-state index contributed by atoms with van der Waals surface area (Å²) in [6.07, 6.45) is 3.89. The number of rotatable bonds is 4. The lowest BCUT2D eigenvalue weighted by molar-refractivity contribution is 0.0502. The minimum atomic E-state index is -1.62. The molecule has 0 aromatic heterocycles. The normalized spacial score (nSPS) is 20.0. The number of carbonyl (C=O) groups is 1. The van der Waals surface area contributed by atoms with Crippen molar-refractivity contribution in [3.63, 3.8) is 0 Å². The van der Waals surface area contributed by atoms with Gasteiger partial charge in [-0.15, -0.1) is 0 Å². The van der Waals surface area contributed by atoms with Crippen molar-refractivity contribution >= 4 is 40.7 Å². The third kappa shape index (κ3) is 4.86. The zero-order valence-electron chi connectivity index (χ0n) is 14.5. The number of amides is 1. The summed E-state index contributed by atoms with van der Waals surface area (Å²) in [5, 5.41) is 2.96. The molecule has 1 atom stereocenters. The first-order chi connectivity index (χ1) is 12.5. The van der Waals surface area contributed by atoms with Gasteiger partial charge in [0.15, 0.2) is 0 Å². The lowest BCUT2D eigenvalue weighted by Gasteiger charge is -2.39. The number of nitrogens with zero attached hydrogens (tertiary/aromatic N) is 1. The SMILES string of the molecule is O=C(N[C@H](C1=C(N2CCOCC2)CCCC1)C(Cl)(Cl)Cl)c1ccccc1. The first-order valence-electron chi connectivity index (χ1n) is 8.94. The summed E-state index contributed by atoms with van der Waals surface area (Å²) in [4.78, 5) is 15.0. The second kappa shape index (κ2) is 8.83. The molecule has 3 rings (SSSR count). The molecule has 1 amide bonds. The van der Waals surface area contributed by atoms with Crippen LogP contribution in [0.3, 0.4) is 0 Å². The van der Waals surface area contributed by atoms with Gasteiger partial charge in [0.05, 0.1) is 19.3 Å². The molecule has 1 aliphatic heterocycles. The molecule has 4 nitrogen and oxygen atoms in total. The van der Waals surface area contributed by atoms with Crippen molar-refractivity contribution in [3.8, 4) is 0 Å². The Morgan fingerprint density at radius 3 is 2.38 bits per heavy atom. The number of ether oxygens (including phenoxy) is 1. The number of halogens is 3. The maximum Gasteiger partial charge on any atom is 0.251 e. The first-order valence-corrected chi connectivity index (χ1v) is 10.1. The Labute approximate surface area is 169 Å². The average molecular weight is 418 g/mol. The predicted molar refractivity (Wildman–Crippen MR) is 106 cm³/mol. The predicted octanol–water partition coefficient (Wildman–Crippen LogP) is 4.32. The Hall–Kier alpha value is -0.940. The van der Waals surface area contributed by atoms with E-state index in [1.54, 1.807) is 12.1 Å². The van der Waals surface area contributed by atoms with Crippen LogP contribution in [0, 0.1) is 0 Å². The van der Waals surface area contributed by atoms with E-state index >= 15 is 0 Å². The molecule has 2 aliphatic rings. The Kier molecular flexibility index (Phi) is 6.73. The second-order valence-electron chi connectivity index (χ2n) is 6.59. The minimum Gasteiger partial charge on any atom is -0.378 e. The summed E-state index contributed by atoms with van der Waals surface area (Å²) >= 11 is 18.9. The fraction of sp³-hybridized carbons (Fsp3) is 0.526. The van der Waals surface area contributed by atoms with E-state index in [1.807, 2.05) is 18.2 Å². The Morgan fingerprint density at radius 2 is 1.73 bits per heavy atom. The zero-order valence-corrected chi connectivity index (χ0v) is 16.8. The highest BCUT2D eigenvalue weighted by Crippen LogP contribution is 2.40. The van der Waals surface area contributed by atoms with E-state index in [4.69, 9.17) is 39.5 Å². The van der Waals surface area contributed by atoms with Gasteiger partial charge in [0, 0.05) is 24.4 Å². The molecule has 1 aromatic rings. The number of morpholine rings is 1. The quantitative estimate of drug-likeness (QED) is 0.742. The molecule has 0 spiro atoms. The van der Waals surface area contributed by atoms with Crippen molar-refractivity contribution in [2.45, 2.75) is 35.5 Å².